The quantitative estimate of drug-likeness (QED) is 0.361. The van der Waals surface area contributed by atoms with E-state index in [1.165, 1.54) is 14.2 Å². The predicted molar refractivity (Wildman–Crippen MR) is 112 cm³/mol. The number of halogens is 2. The van der Waals surface area contributed by atoms with E-state index >= 15 is 0 Å². The maximum absolute atomic E-state index is 13.6. The summed E-state index contributed by atoms with van der Waals surface area (Å²) in [6.45, 7) is 3.70. The molecular weight excluding hydrogens is 406 g/mol. The highest BCUT2D eigenvalue weighted by Gasteiger charge is 2.58. The minimum absolute atomic E-state index is 0.0833. The molecule has 1 fully saturated rings. The summed E-state index contributed by atoms with van der Waals surface area (Å²) < 4.78 is 32.1. The molecule has 0 aromatic heterocycles. The minimum Gasteiger partial charge on any atom is -0.468 e. The summed E-state index contributed by atoms with van der Waals surface area (Å²) >= 11 is 0. The number of nitrogens with zero attached hydrogens (tertiary/aromatic N) is 1. The monoisotopic (exact) mass is 432 g/mol. The molecule has 0 saturated heterocycles. The van der Waals surface area contributed by atoms with Crippen LogP contribution < -0.4 is 5.48 Å². The molecule has 2 aromatic carbocycles. The fourth-order valence-corrected chi connectivity index (χ4v) is 3.59. The lowest BCUT2D eigenvalue weighted by molar-refractivity contribution is -0.147. The molecule has 2 aromatic rings. The van der Waals surface area contributed by atoms with Gasteiger partial charge in [-0.15, -0.1) is 0 Å². The van der Waals surface area contributed by atoms with Gasteiger partial charge in [-0.2, -0.15) is 5.48 Å². The number of benzene rings is 2. The summed E-state index contributed by atoms with van der Waals surface area (Å²) in [6, 6.07) is 11.7. The smallest absolute Gasteiger partial charge is 0.329 e. The molecule has 2 atom stereocenters. The van der Waals surface area contributed by atoms with E-state index in [2.05, 4.69) is 10.6 Å². The van der Waals surface area contributed by atoms with Crippen molar-refractivity contribution in [1.29, 1.82) is 0 Å². The van der Waals surface area contributed by atoms with E-state index in [0.29, 0.717) is 22.4 Å². The Morgan fingerprint density at radius 3 is 2.58 bits per heavy atom. The van der Waals surface area contributed by atoms with E-state index in [1.807, 2.05) is 19.1 Å². The second kappa shape index (κ2) is 9.53. The topological polar surface area (TPSA) is 69.2 Å². The first-order chi connectivity index (χ1) is 14.8. The van der Waals surface area contributed by atoms with Crippen LogP contribution in [0.15, 0.2) is 47.6 Å². The molecule has 0 radical (unpaired) electrons. The number of rotatable bonds is 9. The number of nitrogens with one attached hydrogen (secondary N) is 1. The van der Waals surface area contributed by atoms with Crippen molar-refractivity contribution in [3.63, 3.8) is 0 Å². The third-order valence-corrected chi connectivity index (χ3v) is 5.39. The van der Waals surface area contributed by atoms with Crippen LogP contribution in [0.3, 0.4) is 0 Å². The fourth-order valence-electron chi connectivity index (χ4n) is 3.59. The maximum Gasteiger partial charge on any atom is 0.329 e. The molecule has 8 heteroatoms. The molecule has 1 aliphatic rings. The summed E-state index contributed by atoms with van der Waals surface area (Å²) in [6.07, 6.45) is -0.147. The molecule has 1 aliphatic carbocycles. The highest BCUT2D eigenvalue weighted by molar-refractivity contribution is 6.00. The molecule has 6 nitrogen and oxygen atoms in total. The third-order valence-electron chi connectivity index (χ3n) is 5.39. The summed E-state index contributed by atoms with van der Waals surface area (Å²) in [5, 5.41) is 4.16. The van der Waals surface area contributed by atoms with Crippen molar-refractivity contribution in [3.8, 4) is 0 Å². The van der Waals surface area contributed by atoms with Gasteiger partial charge in [0, 0.05) is 17.5 Å². The minimum atomic E-state index is -2.66. The standard InChI is InChI=1S/C23H26F2N2O4/c1-14-8-7-11-18(21(27-30-4)22(28)29-3)19(14)13-31-26-15(2)16-9-5-6-10-17(16)20-12-23(20,24)25/h5-11,20-21,27H,12-13H2,1-4H3/b26-15+. The van der Waals surface area contributed by atoms with Crippen molar-refractivity contribution < 1.29 is 28.0 Å². The first kappa shape index (κ1) is 22.8. The zero-order valence-corrected chi connectivity index (χ0v) is 17.9. The number of oxime groups is 1. The van der Waals surface area contributed by atoms with Gasteiger partial charge in [0.05, 0.1) is 25.8 Å². The SMILES string of the molecule is CONC(C(=O)OC)c1cccc(C)c1CO/N=C(\C)c1ccccc1C1CC1(F)F. The summed E-state index contributed by atoms with van der Waals surface area (Å²) in [5.74, 6) is -3.95. The molecule has 1 saturated carbocycles. The van der Waals surface area contributed by atoms with Gasteiger partial charge in [0.25, 0.3) is 5.92 Å². The fraction of sp³-hybridized carbons (Fsp3) is 0.391. The number of aryl methyl sites for hydroxylation is 1. The van der Waals surface area contributed by atoms with Crippen LogP contribution in [-0.2, 0) is 25.8 Å². The number of methoxy groups -OCH3 is 1. The Hall–Kier alpha value is -2.84. The van der Waals surface area contributed by atoms with Gasteiger partial charge in [0.2, 0.25) is 0 Å². The van der Waals surface area contributed by atoms with Crippen molar-refractivity contribution in [2.24, 2.45) is 5.16 Å². The zero-order valence-electron chi connectivity index (χ0n) is 17.9. The number of ether oxygens (including phenoxy) is 1. The molecule has 0 spiro atoms. The van der Waals surface area contributed by atoms with Gasteiger partial charge in [0.15, 0.2) is 6.04 Å². The Morgan fingerprint density at radius 1 is 1.23 bits per heavy atom. The second-order valence-corrected chi connectivity index (χ2v) is 7.48. The Bertz CT molecular complexity index is 978. The second-order valence-electron chi connectivity index (χ2n) is 7.48. The number of esters is 1. The van der Waals surface area contributed by atoms with E-state index in [-0.39, 0.29) is 13.0 Å². The van der Waals surface area contributed by atoms with Crippen LogP contribution in [0, 0.1) is 6.92 Å². The summed E-state index contributed by atoms with van der Waals surface area (Å²) in [5.41, 5.74) is 6.65. The molecule has 0 bridgehead atoms. The van der Waals surface area contributed by atoms with Crippen LogP contribution in [0.2, 0.25) is 0 Å². The zero-order chi connectivity index (χ0) is 22.6. The van der Waals surface area contributed by atoms with Gasteiger partial charge >= 0.3 is 5.97 Å². The van der Waals surface area contributed by atoms with Gasteiger partial charge in [0.1, 0.15) is 6.61 Å². The van der Waals surface area contributed by atoms with Crippen LogP contribution in [0.4, 0.5) is 8.78 Å². The van der Waals surface area contributed by atoms with Crippen molar-refractivity contribution in [2.45, 2.75) is 44.8 Å². The van der Waals surface area contributed by atoms with Gasteiger partial charge in [-0.3, -0.25) is 0 Å². The number of hydrogen-bond donors (Lipinski definition) is 1. The number of alkyl halides is 2. The predicted octanol–water partition coefficient (Wildman–Crippen LogP) is 4.42. The molecule has 2 unspecified atom stereocenters. The van der Waals surface area contributed by atoms with Gasteiger partial charge in [-0.25, -0.2) is 13.6 Å². The number of carbonyl (C=O) groups excluding carboxylic acids is 1. The molecule has 166 valence electrons. The molecule has 31 heavy (non-hydrogen) atoms. The Labute approximate surface area is 180 Å². The van der Waals surface area contributed by atoms with Crippen molar-refractivity contribution in [2.75, 3.05) is 14.2 Å². The van der Waals surface area contributed by atoms with Crippen LogP contribution in [0.25, 0.3) is 0 Å². The van der Waals surface area contributed by atoms with E-state index in [4.69, 9.17) is 14.4 Å². The molecule has 1 N–H and O–H groups in total. The largest absolute Gasteiger partial charge is 0.468 e. The van der Waals surface area contributed by atoms with Crippen molar-refractivity contribution >= 4 is 11.7 Å². The van der Waals surface area contributed by atoms with E-state index in [1.54, 1.807) is 37.3 Å². The van der Waals surface area contributed by atoms with Crippen LogP contribution in [0.1, 0.15) is 53.1 Å². The van der Waals surface area contributed by atoms with Gasteiger partial charge in [-0.1, -0.05) is 47.6 Å². The molecular formula is C23H26F2N2O4. The average Bonchev–Trinajstić information content (AvgIpc) is 3.40. The van der Waals surface area contributed by atoms with Crippen LogP contribution in [-0.4, -0.2) is 31.8 Å². The Morgan fingerprint density at radius 2 is 1.94 bits per heavy atom. The summed E-state index contributed by atoms with van der Waals surface area (Å²) in [7, 11) is 2.71. The highest BCUT2D eigenvalue weighted by Crippen LogP contribution is 2.56. The Balaban J connectivity index is 1.81. The number of hydroxylamine groups is 1. The van der Waals surface area contributed by atoms with Gasteiger partial charge in [-0.05, 0) is 30.5 Å². The van der Waals surface area contributed by atoms with E-state index in [9.17, 15) is 13.6 Å². The molecule has 3 rings (SSSR count). The maximum atomic E-state index is 13.6. The molecule has 0 aliphatic heterocycles. The number of carbonyl (C=O) groups is 1. The van der Waals surface area contributed by atoms with E-state index < -0.39 is 23.9 Å². The first-order valence-electron chi connectivity index (χ1n) is 9.88. The lowest BCUT2D eigenvalue weighted by Gasteiger charge is -2.19. The normalized spacial score (nSPS) is 18.4. The first-order valence-corrected chi connectivity index (χ1v) is 9.88. The van der Waals surface area contributed by atoms with Crippen LogP contribution >= 0.6 is 0 Å². The lowest BCUT2D eigenvalue weighted by Crippen LogP contribution is -2.30. The van der Waals surface area contributed by atoms with Crippen molar-refractivity contribution in [3.05, 3.63) is 70.3 Å². The highest BCUT2D eigenvalue weighted by atomic mass is 19.3. The van der Waals surface area contributed by atoms with Crippen LogP contribution in [0.5, 0.6) is 0 Å². The third kappa shape index (κ3) is 5.08. The van der Waals surface area contributed by atoms with Gasteiger partial charge < -0.3 is 14.4 Å². The molecule has 0 amide bonds. The number of hydrogen-bond acceptors (Lipinski definition) is 6. The molecule has 0 heterocycles. The van der Waals surface area contributed by atoms with Crippen molar-refractivity contribution in [1.82, 2.24) is 5.48 Å². The summed E-state index contributed by atoms with van der Waals surface area (Å²) in [4.78, 5) is 22.7. The Kier molecular flexibility index (Phi) is 7.02. The average molecular weight is 432 g/mol. The lowest BCUT2D eigenvalue weighted by atomic mass is 9.97. The van der Waals surface area contributed by atoms with E-state index in [0.717, 1.165) is 11.1 Å².